The van der Waals surface area contributed by atoms with E-state index in [1.165, 1.54) is 37.8 Å². The van der Waals surface area contributed by atoms with Crippen molar-refractivity contribution in [3.8, 4) is 0 Å². The van der Waals surface area contributed by atoms with Gasteiger partial charge in [0.2, 0.25) is 0 Å². The van der Waals surface area contributed by atoms with Crippen LogP contribution in [0.15, 0.2) is 35.4 Å². The van der Waals surface area contributed by atoms with E-state index in [9.17, 15) is 4.79 Å². The van der Waals surface area contributed by atoms with Crippen molar-refractivity contribution in [3.63, 3.8) is 0 Å². The SMILES string of the molecule is O=C(N/N=C1/CC[C@H]2CCCC[C@H]2C1)c1ccccc1. The van der Waals surface area contributed by atoms with Crippen molar-refractivity contribution in [2.45, 2.75) is 44.9 Å². The summed E-state index contributed by atoms with van der Waals surface area (Å²) in [7, 11) is 0. The van der Waals surface area contributed by atoms with Crippen LogP contribution in [0.1, 0.15) is 55.3 Å². The standard InChI is InChI=1S/C17H22N2O/c20-17(14-7-2-1-3-8-14)19-18-16-11-10-13-6-4-5-9-15(13)12-16/h1-3,7-8,13,15H,4-6,9-12H2,(H,19,20)/b18-16-/t13-,15+/m1/s1. The van der Waals surface area contributed by atoms with Gasteiger partial charge in [-0.1, -0.05) is 37.5 Å². The Morgan fingerprint density at radius 3 is 2.60 bits per heavy atom. The molecule has 3 nitrogen and oxygen atoms in total. The lowest BCUT2D eigenvalue weighted by atomic mass is 9.70. The van der Waals surface area contributed by atoms with Crippen LogP contribution in [0.2, 0.25) is 0 Å². The minimum atomic E-state index is -0.108. The van der Waals surface area contributed by atoms with Crippen LogP contribution in [0.3, 0.4) is 0 Å². The molecule has 2 aliphatic carbocycles. The lowest BCUT2D eigenvalue weighted by molar-refractivity contribution is 0.0954. The van der Waals surface area contributed by atoms with Gasteiger partial charge in [-0.2, -0.15) is 5.10 Å². The number of amides is 1. The summed E-state index contributed by atoms with van der Waals surface area (Å²) in [4.78, 5) is 12.0. The van der Waals surface area contributed by atoms with Crippen molar-refractivity contribution in [2.24, 2.45) is 16.9 Å². The van der Waals surface area contributed by atoms with E-state index in [4.69, 9.17) is 0 Å². The number of hydrazone groups is 1. The van der Waals surface area contributed by atoms with Crippen LogP contribution >= 0.6 is 0 Å². The molecule has 0 radical (unpaired) electrons. The molecule has 0 bridgehead atoms. The van der Waals surface area contributed by atoms with E-state index in [1.807, 2.05) is 30.3 Å². The second kappa shape index (κ2) is 6.21. The molecule has 0 spiro atoms. The van der Waals surface area contributed by atoms with E-state index in [2.05, 4.69) is 10.5 Å². The molecule has 1 N–H and O–H groups in total. The van der Waals surface area contributed by atoms with Gasteiger partial charge in [-0.3, -0.25) is 4.79 Å². The second-order valence-corrected chi connectivity index (χ2v) is 6.03. The Balaban J connectivity index is 1.58. The van der Waals surface area contributed by atoms with Crippen molar-refractivity contribution in [2.75, 3.05) is 0 Å². The van der Waals surface area contributed by atoms with Crippen LogP contribution in [0.4, 0.5) is 0 Å². The first kappa shape index (κ1) is 13.3. The average Bonchev–Trinajstić information content (AvgIpc) is 2.53. The van der Waals surface area contributed by atoms with Gasteiger partial charge >= 0.3 is 0 Å². The fraction of sp³-hybridized carbons (Fsp3) is 0.529. The zero-order chi connectivity index (χ0) is 13.8. The molecular weight excluding hydrogens is 248 g/mol. The first-order chi connectivity index (χ1) is 9.83. The Bertz CT molecular complexity index is 495. The number of hydrogen-bond acceptors (Lipinski definition) is 2. The molecular formula is C17H22N2O. The third-order valence-electron chi connectivity index (χ3n) is 4.72. The van der Waals surface area contributed by atoms with Crippen molar-refractivity contribution < 1.29 is 4.79 Å². The monoisotopic (exact) mass is 270 g/mol. The summed E-state index contributed by atoms with van der Waals surface area (Å²) in [5.74, 6) is 1.61. The normalized spacial score (nSPS) is 27.9. The van der Waals surface area contributed by atoms with Gasteiger partial charge < -0.3 is 0 Å². The molecule has 1 amide bonds. The minimum absolute atomic E-state index is 0.108. The van der Waals surface area contributed by atoms with Gasteiger partial charge in [0.25, 0.3) is 5.91 Å². The van der Waals surface area contributed by atoms with Crippen molar-refractivity contribution >= 4 is 11.6 Å². The van der Waals surface area contributed by atoms with Crippen molar-refractivity contribution in [1.29, 1.82) is 0 Å². The summed E-state index contributed by atoms with van der Waals surface area (Å²) < 4.78 is 0. The highest BCUT2D eigenvalue weighted by molar-refractivity contribution is 5.95. The van der Waals surface area contributed by atoms with E-state index >= 15 is 0 Å². The van der Waals surface area contributed by atoms with Gasteiger partial charge in [-0.05, 0) is 49.7 Å². The maximum absolute atomic E-state index is 12.0. The lowest BCUT2D eigenvalue weighted by Crippen LogP contribution is -2.29. The lowest BCUT2D eigenvalue weighted by Gasteiger charge is -2.35. The first-order valence-electron chi connectivity index (χ1n) is 7.74. The van der Waals surface area contributed by atoms with Gasteiger partial charge in [-0.15, -0.1) is 0 Å². The predicted molar refractivity (Wildman–Crippen MR) is 80.6 cm³/mol. The van der Waals surface area contributed by atoms with Gasteiger partial charge in [0, 0.05) is 11.3 Å². The Morgan fingerprint density at radius 2 is 1.80 bits per heavy atom. The molecule has 3 heteroatoms. The van der Waals surface area contributed by atoms with E-state index < -0.39 is 0 Å². The number of rotatable bonds is 2. The number of fused-ring (bicyclic) bond motifs is 1. The second-order valence-electron chi connectivity index (χ2n) is 6.03. The molecule has 2 atom stereocenters. The number of hydrogen-bond donors (Lipinski definition) is 1. The third-order valence-corrected chi connectivity index (χ3v) is 4.72. The van der Waals surface area contributed by atoms with Crippen LogP contribution in [-0.4, -0.2) is 11.6 Å². The quantitative estimate of drug-likeness (QED) is 0.817. The summed E-state index contributed by atoms with van der Waals surface area (Å²) >= 11 is 0. The Hall–Kier alpha value is -1.64. The fourth-order valence-electron chi connectivity index (χ4n) is 3.58. The van der Waals surface area contributed by atoms with Crippen LogP contribution in [0, 0.1) is 11.8 Å². The Morgan fingerprint density at radius 1 is 1.05 bits per heavy atom. The van der Waals surface area contributed by atoms with Crippen LogP contribution < -0.4 is 5.43 Å². The fourth-order valence-corrected chi connectivity index (χ4v) is 3.58. The predicted octanol–water partition coefficient (Wildman–Crippen LogP) is 3.76. The molecule has 0 saturated heterocycles. The van der Waals surface area contributed by atoms with E-state index in [-0.39, 0.29) is 5.91 Å². The Labute approximate surface area is 120 Å². The van der Waals surface area contributed by atoms with Gasteiger partial charge in [0.15, 0.2) is 0 Å². The molecule has 2 saturated carbocycles. The molecule has 20 heavy (non-hydrogen) atoms. The molecule has 106 valence electrons. The van der Waals surface area contributed by atoms with Crippen molar-refractivity contribution in [3.05, 3.63) is 35.9 Å². The number of nitrogens with one attached hydrogen (secondary N) is 1. The Kier molecular flexibility index (Phi) is 4.14. The molecule has 0 heterocycles. The number of carbonyl (C=O) groups is 1. The van der Waals surface area contributed by atoms with Crippen molar-refractivity contribution in [1.82, 2.24) is 5.43 Å². The zero-order valence-electron chi connectivity index (χ0n) is 11.8. The van der Waals surface area contributed by atoms with Crippen LogP contribution in [-0.2, 0) is 0 Å². The average molecular weight is 270 g/mol. The third kappa shape index (κ3) is 3.09. The molecule has 1 aromatic carbocycles. The highest BCUT2D eigenvalue weighted by Crippen LogP contribution is 2.39. The smallest absolute Gasteiger partial charge is 0.267 e. The first-order valence-corrected chi connectivity index (χ1v) is 7.74. The number of benzene rings is 1. The van der Waals surface area contributed by atoms with Crippen LogP contribution in [0.25, 0.3) is 0 Å². The largest absolute Gasteiger partial charge is 0.271 e. The summed E-state index contributed by atoms with van der Waals surface area (Å²) in [5.41, 5.74) is 4.56. The zero-order valence-corrected chi connectivity index (χ0v) is 11.8. The van der Waals surface area contributed by atoms with Gasteiger partial charge in [0.1, 0.15) is 0 Å². The van der Waals surface area contributed by atoms with Gasteiger partial charge in [0.05, 0.1) is 0 Å². The molecule has 2 aliphatic rings. The summed E-state index contributed by atoms with van der Waals surface area (Å²) in [6.45, 7) is 0. The van der Waals surface area contributed by atoms with E-state index in [0.29, 0.717) is 5.56 Å². The minimum Gasteiger partial charge on any atom is -0.267 e. The molecule has 0 aliphatic heterocycles. The summed E-state index contributed by atoms with van der Waals surface area (Å²) in [6.07, 6.45) is 8.90. The summed E-state index contributed by atoms with van der Waals surface area (Å²) in [5, 5.41) is 4.37. The maximum atomic E-state index is 12.0. The molecule has 1 aromatic rings. The van der Waals surface area contributed by atoms with Crippen LogP contribution in [0.5, 0.6) is 0 Å². The summed E-state index contributed by atoms with van der Waals surface area (Å²) in [6, 6.07) is 9.28. The highest BCUT2D eigenvalue weighted by Gasteiger charge is 2.30. The topological polar surface area (TPSA) is 41.5 Å². The molecule has 2 fully saturated rings. The molecule has 3 rings (SSSR count). The van der Waals surface area contributed by atoms with E-state index in [0.717, 1.165) is 24.7 Å². The number of nitrogens with zero attached hydrogens (tertiary/aromatic N) is 1. The highest BCUT2D eigenvalue weighted by atomic mass is 16.2. The molecule has 0 unspecified atom stereocenters. The number of carbonyl (C=O) groups excluding carboxylic acids is 1. The molecule has 0 aromatic heterocycles. The van der Waals surface area contributed by atoms with Gasteiger partial charge in [-0.25, -0.2) is 5.43 Å². The maximum Gasteiger partial charge on any atom is 0.271 e. The van der Waals surface area contributed by atoms with E-state index in [1.54, 1.807) is 0 Å².